The molecule has 0 bridgehead atoms. The molecule has 2 amide bonds. The lowest BCUT2D eigenvalue weighted by Crippen LogP contribution is -2.37. The Balaban J connectivity index is 1.04. The fourth-order valence-corrected chi connectivity index (χ4v) is 7.29. The molecule has 3 unspecified atom stereocenters. The molecule has 4 aliphatic rings. The van der Waals surface area contributed by atoms with Crippen molar-refractivity contribution in [3.63, 3.8) is 0 Å². The number of likely N-dealkylation sites (tertiary alicyclic amines) is 2. The van der Waals surface area contributed by atoms with Gasteiger partial charge in [-0.15, -0.1) is 0 Å². The first-order valence-corrected chi connectivity index (χ1v) is 13.9. The van der Waals surface area contributed by atoms with E-state index in [1.165, 1.54) is 12.0 Å². The minimum Gasteiger partial charge on any atom is -0.349 e. The molecule has 2 saturated carbocycles. The lowest BCUT2D eigenvalue weighted by Gasteiger charge is -2.26. The predicted octanol–water partition coefficient (Wildman–Crippen LogP) is 4.60. The summed E-state index contributed by atoms with van der Waals surface area (Å²) in [4.78, 5) is 31.0. The zero-order valence-corrected chi connectivity index (χ0v) is 21.7. The molecule has 2 aromatic carbocycles. The van der Waals surface area contributed by atoms with Gasteiger partial charge < -0.3 is 15.1 Å². The van der Waals surface area contributed by atoms with Crippen molar-refractivity contribution < 1.29 is 9.59 Å². The fourth-order valence-electron chi connectivity index (χ4n) is 7.29. The number of rotatable bonds is 7. The van der Waals surface area contributed by atoms with Gasteiger partial charge in [-0.1, -0.05) is 48.5 Å². The lowest BCUT2D eigenvalue weighted by atomic mass is 9.99. The minimum atomic E-state index is 0.0678. The molecule has 2 heterocycles. The first-order chi connectivity index (χ1) is 17.5. The average Bonchev–Trinajstić information content (AvgIpc) is 3.18. The Bertz CT molecular complexity index is 1090. The van der Waals surface area contributed by atoms with E-state index in [-0.39, 0.29) is 23.8 Å². The van der Waals surface area contributed by atoms with E-state index in [0.717, 1.165) is 80.5 Å². The highest BCUT2D eigenvalue weighted by Crippen LogP contribution is 2.54. The number of carbonyl (C=O) groups excluding carboxylic acids is 2. The Kier molecular flexibility index (Phi) is 6.37. The second-order valence-electron chi connectivity index (χ2n) is 11.9. The molecule has 1 N–H and O–H groups in total. The highest BCUT2D eigenvalue weighted by atomic mass is 16.2. The van der Waals surface area contributed by atoms with Crippen LogP contribution < -0.4 is 5.32 Å². The molecular weight excluding hydrogens is 446 g/mol. The van der Waals surface area contributed by atoms with Gasteiger partial charge in [-0.05, 0) is 79.9 Å². The highest BCUT2D eigenvalue weighted by Gasteiger charge is 2.48. The predicted molar refractivity (Wildman–Crippen MR) is 142 cm³/mol. The maximum absolute atomic E-state index is 13.3. The van der Waals surface area contributed by atoms with Crippen LogP contribution in [0.15, 0.2) is 48.5 Å². The molecule has 2 saturated heterocycles. The molecule has 2 aliphatic carbocycles. The monoisotopic (exact) mass is 485 g/mol. The number of amides is 2. The molecule has 2 aromatic rings. The zero-order valence-electron chi connectivity index (χ0n) is 21.7. The molecule has 6 atom stereocenters. The van der Waals surface area contributed by atoms with E-state index >= 15 is 0 Å². The maximum atomic E-state index is 13.3. The summed E-state index contributed by atoms with van der Waals surface area (Å²) in [6.45, 7) is 8.86. The Morgan fingerprint density at radius 3 is 2.11 bits per heavy atom. The smallest absolute Gasteiger partial charge is 0.254 e. The van der Waals surface area contributed by atoms with Gasteiger partial charge in [0.25, 0.3) is 5.91 Å². The number of nitrogens with zero attached hydrogens (tertiary/aromatic N) is 2. The second kappa shape index (κ2) is 9.66. The number of fused-ring (bicyclic) bond motifs is 2. The van der Waals surface area contributed by atoms with Gasteiger partial charge in [0.05, 0.1) is 6.04 Å². The van der Waals surface area contributed by atoms with Crippen LogP contribution in [0.25, 0.3) is 0 Å². The first-order valence-electron chi connectivity index (χ1n) is 13.9. The van der Waals surface area contributed by atoms with E-state index in [0.29, 0.717) is 11.8 Å². The molecule has 2 aliphatic heterocycles. The molecule has 36 heavy (non-hydrogen) atoms. The van der Waals surface area contributed by atoms with Crippen LogP contribution in [0.5, 0.6) is 0 Å². The van der Waals surface area contributed by atoms with E-state index in [1.54, 1.807) is 0 Å². The van der Waals surface area contributed by atoms with Crippen LogP contribution in [0.3, 0.4) is 0 Å². The SMILES string of the molecule is Cc1cccc(C)c1C(=O)N1CC2CN(CCC(NC(=O)C3C[C@@H]4C[C@@H]4C3)c3ccccc3)C[C@H]2C1. The third-order valence-electron chi connectivity index (χ3n) is 9.41. The van der Waals surface area contributed by atoms with Crippen molar-refractivity contribution >= 4 is 11.8 Å². The topological polar surface area (TPSA) is 52.7 Å². The van der Waals surface area contributed by atoms with Crippen LogP contribution in [0.2, 0.25) is 0 Å². The van der Waals surface area contributed by atoms with E-state index in [4.69, 9.17) is 0 Å². The van der Waals surface area contributed by atoms with Gasteiger partial charge in [0.15, 0.2) is 0 Å². The van der Waals surface area contributed by atoms with Crippen molar-refractivity contribution in [1.82, 2.24) is 15.1 Å². The summed E-state index contributed by atoms with van der Waals surface area (Å²) < 4.78 is 0. The average molecular weight is 486 g/mol. The van der Waals surface area contributed by atoms with Crippen molar-refractivity contribution in [2.45, 2.75) is 45.6 Å². The van der Waals surface area contributed by atoms with Crippen LogP contribution in [-0.2, 0) is 4.79 Å². The largest absolute Gasteiger partial charge is 0.349 e. The van der Waals surface area contributed by atoms with Crippen molar-refractivity contribution in [3.8, 4) is 0 Å². The van der Waals surface area contributed by atoms with Gasteiger partial charge >= 0.3 is 0 Å². The molecular formula is C31H39N3O2. The molecule has 6 rings (SSSR count). The van der Waals surface area contributed by atoms with E-state index in [9.17, 15) is 9.59 Å². The minimum absolute atomic E-state index is 0.0678. The van der Waals surface area contributed by atoms with Crippen LogP contribution in [0.4, 0.5) is 0 Å². The quantitative estimate of drug-likeness (QED) is 0.624. The Hall–Kier alpha value is -2.66. The normalized spacial score (nSPS) is 29.6. The molecule has 0 radical (unpaired) electrons. The van der Waals surface area contributed by atoms with Crippen molar-refractivity contribution in [2.75, 3.05) is 32.7 Å². The summed E-state index contributed by atoms with van der Waals surface area (Å²) in [7, 11) is 0. The third-order valence-corrected chi connectivity index (χ3v) is 9.41. The molecule has 4 fully saturated rings. The Morgan fingerprint density at radius 2 is 1.47 bits per heavy atom. The zero-order chi connectivity index (χ0) is 24.8. The fraction of sp³-hybridized carbons (Fsp3) is 0.548. The van der Waals surface area contributed by atoms with Crippen molar-refractivity contribution in [3.05, 3.63) is 70.8 Å². The van der Waals surface area contributed by atoms with Crippen LogP contribution in [0, 0.1) is 43.4 Å². The number of hydrogen-bond acceptors (Lipinski definition) is 3. The number of hydrogen-bond donors (Lipinski definition) is 1. The summed E-state index contributed by atoms with van der Waals surface area (Å²) in [6, 6.07) is 16.6. The maximum Gasteiger partial charge on any atom is 0.254 e. The van der Waals surface area contributed by atoms with E-state index in [1.807, 2.05) is 38.1 Å². The molecule has 0 spiro atoms. The van der Waals surface area contributed by atoms with Gasteiger partial charge in [0, 0.05) is 44.2 Å². The highest BCUT2D eigenvalue weighted by molar-refractivity contribution is 5.97. The van der Waals surface area contributed by atoms with Crippen LogP contribution in [0.1, 0.15) is 58.8 Å². The summed E-state index contributed by atoms with van der Waals surface area (Å²) in [5.41, 5.74) is 4.23. The van der Waals surface area contributed by atoms with Crippen LogP contribution >= 0.6 is 0 Å². The summed E-state index contributed by atoms with van der Waals surface area (Å²) >= 11 is 0. The number of carbonyl (C=O) groups is 2. The van der Waals surface area contributed by atoms with Gasteiger partial charge in [-0.2, -0.15) is 0 Å². The molecule has 190 valence electrons. The molecule has 5 nitrogen and oxygen atoms in total. The summed E-state index contributed by atoms with van der Waals surface area (Å²) in [5, 5.41) is 3.42. The molecule has 0 aromatic heterocycles. The Morgan fingerprint density at radius 1 is 0.833 bits per heavy atom. The van der Waals surface area contributed by atoms with Gasteiger partial charge in [0.1, 0.15) is 0 Å². The molecule has 5 heteroatoms. The Labute approximate surface area is 215 Å². The third kappa shape index (κ3) is 4.70. The van der Waals surface area contributed by atoms with Gasteiger partial charge in [-0.25, -0.2) is 0 Å². The van der Waals surface area contributed by atoms with Crippen LogP contribution in [-0.4, -0.2) is 54.3 Å². The number of benzene rings is 2. The van der Waals surface area contributed by atoms with E-state index < -0.39 is 0 Å². The van der Waals surface area contributed by atoms with Gasteiger partial charge in [0.2, 0.25) is 5.91 Å². The number of nitrogens with one attached hydrogen (secondary N) is 1. The second-order valence-corrected chi connectivity index (χ2v) is 11.9. The number of aryl methyl sites for hydroxylation is 2. The van der Waals surface area contributed by atoms with Gasteiger partial charge in [-0.3, -0.25) is 9.59 Å². The van der Waals surface area contributed by atoms with Crippen molar-refractivity contribution in [1.29, 1.82) is 0 Å². The standard InChI is InChI=1S/C31H39N3O2/c1-20-7-6-8-21(2)29(20)31(36)34-18-26-16-33(17-27(26)19-34)12-11-28(22-9-4-3-5-10-22)32-30(35)25-14-23-13-24(23)15-25/h3-10,23-28H,11-19H2,1-2H3,(H,32,35)/t23-,24+,25?,26-,27?,28?/m0/s1. The first kappa shape index (κ1) is 23.7. The summed E-state index contributed by atoms with van der Waals surface area (Å²) in [5.74, 6) is 3.41. The lowest BCUT2D eigenvalue weighted by molar-refractivity contribution is -0.126. The van der Waals surface area contributed by atoms with Crippen molar-refractivity contribution in [2.24, 2.45) is 29.6 Å². The summed E-state index contributed by atoms with van der Waals surface area (Å²) in [6.07, 6.45) is 4.45. The van der Waals surface area contributed by atoms with E-state index in [2.05, 4.69) is 39.4 Å².